The highest BCUT2D eigenvalue weighted by Gasteiger charge is 2.21. The van der Waals surface area contributed by atoms with Crippen molar-refractivity contribution in [3.05, 3.63) is 33.8 Å². The Bertz CT molecular complexity index is 652. The molecule has 2 heterocycles. The molecule has 0 aliphatic rings. The number of aromatic nitrogens is 4. The van der Waals surface area contributed by atoms with Crippen LogP contribution in [0.4, 0.5) is 8.78 Å². The van der Waals surface area contributed by atoms with Crippen LogP contribution in [0.25, 0.3) is 0 Å². The third-order valence-corrected chi connectivity index (χ3v) is 4.03. The van der Waals surface area contributed by atoms with Gasteiger partial charge in [-0.1, -0.05) is 0 Å². The van der Waals surface area contributed by atoms with Crippen molar-refractivity contribution in [1.29, 1.82) is 0 Å². The fraction of sp³-hybridized carbons (Fsp3) is 0.417. The molecule has 0 saturated heterocycles. The first-order valence-corrected chi connectivity index (χ1v) is 6.94. The number of halogens is 3. The Kier molecular flexibility index (Phi) is 4.71. The predicted octanol–water partition coefficient (Wildman–Crippen LogP) is 1.94. The number of aryl methyl sites for hydroxylation is 1. The van der Waals surface area contributed by atoms with Crippen molar-refractivity contribution in [2.24, 2.45) is 7.05 Å². The number of carbonyl (C=O) groups is 1. The van der Waals surface area contributed by atoms with E-state index in [0.29, 0.717) is 12.2 Å². The fourth-order valence-corrected chi connectivity index (χ4v) is 2.25. The summed E-state index contributed by atoms with van der Waals surface area (Å²) in [5.41, 5.74) is 0.975. The molecule has 114 valence electrons. The Hall–Kier alpha value is -1.77. The SMILES string of the molecule is Cc1c(Br)c(C(F)F)nn1CC(=O)NCc1ccnn1C. The van der Waals surface area contributed by atoms with Gasteiger partial charge in [0.05, 0.1) is 22.4 Å². The van der Waals surface area contributed by atoms with Crippen molar-refractivity contribution in [3.63, 3.8) is 0 Å². The lowest BCUT2D eigenvalue weighted by atomic mass is 10.4. The van der Waals surface area contributed by atoms with Crippen LogP contribution >= 0.6 is 15.9 Å². The van der Waals surface area contributed by atoms with Gasteiger partial charge in [-0.25, -0.2) is 8.78 Å². The number of hydrogen-bond acceptors (Lipinski definition) is 3. The summed E-state index contributed by atoms with van der Waals surface area (Å²) in [6.45, 7) is 1.82. The van der Waals surface area contributed by atoms with E-state index in [0.717, 1.165) is 5.69 Å². The minimum atomic E-state index is -2.68. The van der Waals surface area contributed by atoms with Gasteiger partial charge in [-0.05, 0) is 28.9 Å². The molecule has 0 unspecified atom stereocenters. The molecule has 0 radical (unpaired) electrons. The molecule has 0 aromatic carbocycles. The van der Waals surface area contributed by atoms with Crippen LogP contribution in [-0.4, -0.2) is 25.5 Å². The van der Waals surface area contributed by atoms with Crippen LogP contribution in [0.2, 0.25) is 0 Å². The lowest BCUT2D eigenvalue weighted by Gasteiger charge is -2.07. The Morgan fingerprint density at radius 3 is 2.76 bits per heavy atom. The van der Waals surface area contributed by atoms with E-state index in [4.69, 9.17) is 0 Å². The zero-order valence-electron chi connectivity index (χ0n) is 11.5. The average molecular weight is 362 g/mol. The topological polar surface area (TPSA) is 64.7 Å². The Morgan fingerprint density at radius 1 is 1.52 bits per heavy atom. The largest absolute Gasteiger partial charge is 0.349 e. The van der Waals surface area contributed by atoms with Crippen molar-refractivity contribution in [2.75, 3.05) is 0 Å². The number of amides is 1. The van der Waals surface area contributed by atoms with Crippen LogP contribution in [0.5, 0.6) is 0 Å². The summed E-state index contributed by atoms with van der Waals surface area (Å²) in [5.74, 6) is -0.310. The second-order valence-corrected chi connectivity index (χ2v) is 5.26. The van der Waals surface area contributed by atoms with Crippen LogP contribution in [0.3, 0.4) is 0 Å². The molecule has 1 N–H and O–H groups in total. The van der Waals surface area contributed by atoms with Crippen molar-refractivity contribution in [1.82, 2.24) is 24.9 Å². The van der Waals surface area contributed by atoms with Gasteiger partial charge in [-0.3, -0.25) is 14.2 Å². The summed E-state index contributed by atoms with van der Waals surface area (Å²) in [7, 11) is 1.77. The van der Waals surface area contributed by atoms with Crippen LogP contribution in [0, 0.1) is 6.92 Å². The van der Waals surface area contributed by atoms with E-state index < -0.39 is 6.43 Å². The summed E-state index contributed by atoms with van der Waals surface area (Å²) < 4.78 is 28.6. The zero-order chi connectivity index (χ0) is 15.6. The van der Waals surface area contributed by atoms with Gasteiger partial charge in [-0.15, -0.1) is 0 Å². The third kappa shape index (κ3) is 3.46. The summed E-state index contributed by atoms with van der Waals surface area (Å²) >= 11 is 3.06. The van der Waals surface area contributed by atoms with Crippen LogP contribution in [0.1, 0.15) is 23.5 Å². The second kappa shape index (κ2) is 6.33. The van der Waals surface area contributed by atoms with Gasteiger partial charge in [0.2, 0.25) is 5.91 Å². The van der Waals surface area contributed by atoms with Crippen LogP contribution in [-0.2, 0) is 24.9 Å². The van der Waals surface area contributed by atoms with E-state index >= 15 is 0 Å². The normalized spacial score (nSPS) is 11.1. The van der Waals surface area contributed by atoms with Gasteiger partial charge in [-0.2, -0.15) is 10.2 Å². The monoisotopic (exact) mass is 361 g/mol. The molecule has 9 heteroatoms. The Morgan fingerprint density at radius 2 is 2.24 bits per heavy atom. The molecule has 0 atom stereocenters. The molecule has 0 aliphatic heterocycles. The van der Waals surface area contributed by atoms with E-state index in [1.54, 1.807) is 30.9 Å². The summed E-state index contributed by atoms with van der Waals surface area (Å²) in [4.78, 5) is 11.9. The smallest absolute Gasteiger partial charge is 0.283 e. The molecule has 2 rings (SSSR count). The van der Waals surface area contributed by atoms with E-state index in [1.165, 1.54) is 4.68 Å². The molecule has 0 saturated carbocycles. The molecule has 6 nitrogen and oxygen atoms in total. The molecule has 0 spiro atoms. The van der Waals surface area contributed by atoms with E-state index in [9.17, 15) is 13.6 Å². The van der Waals surface area contributed by atoms with E-state index in [-0.39, 0.29) is 22.6 Å². The van der Waals surface area contributed by atoms with Crippen molar-refractivity contribution in [3.8, 4) is 0 Å². The maximum absolute atomic E-state index is 12.7. The minimum Gasteiger partial charge on any atom is -0.349 e. The van der Waals surface area contributed by atoms with E-state index in [1.807, 2.05) is 0 Å². The van der Waals surface area contributed by atoms with Crippen LogP contribution < -0.4 is 5.32 Å². The zero-order valence-corrected chi connectivity index (χ0v) is 13.1. The van der Waals surface area contributed by atoms with Gasteiger partial charge < -0.3 is 5.32 Å². The highest BCUT2D eigenvalue weighted by molar-refractivity contribution is 9.10. The van der Waals surface area contributed by atoms with E-state index in [2.05, 4.69) is 31.4 Å². The first kappa shape index (κ1) is 15.6. The minimum absolute atomic E-state index is 0.116. The average Bonchev–Trinajstić information content (AvgIpc) is 2.95. The van der Waals surface area contributed by atoms with Crippen molar-refractivity contribution in [2.45, 2.75) is 26.4 Å². The highest BCUT2D eigenvalue weighted by atomic mass is 79.9. The number of nitrogens with zero attached hydrogens (tertiary/aromatic N) is 4. The van der Waals surface area contributed by atoms with Gasteiger partial charge in [0.1, 0.15) is 12.2 Å². The second-order valence-electron chi connectivity index (χ2n) is 4.47. The predicted molar refractivity (Wildman–Crippen MR) is 74.7 cm³/mol. The first-order valence-electron chi connectivity index (χ1n) is 6.14. The molecule has 21 heavy (non-hydrogen) atoms. The highest BCUT2D eigenvalue weighted by Crippen LogP contribution is 2.28. The molecular formula is C12H14BrF2N5O. The molecule has 0 fully saturated rings. The molecule has 2 aromatic rings. The van der Waals surface area contributed by atoms with Crippen molar-refractivity contribution < 1.29 is 13.6 Å². The van der Waals surface area contributed by atoms with Crippen molar-refractivity contribution >= 4 is 21.8 Å². The van der Waals surface area contributed by atoms with Gasteiger partial charge >= 0.3 is 0 Å². The number of rotatable bonds is 5. The van der Waals surface area contributed by atoms with Gasteiger partial charge in [0.15, 0.2) is 0 Å². The lowest BCUT2D eigenvalue weighted by molar-refractivity contribution is -0.122. The fourth-order valence-electron chi connectivity index (χ4n) is 1.80. The third-order valence-electron chi connectivity index (χ3n) is 3.05. The van der Waals surface area contributed by atoms with Crippen LogP contribution in [0.15, 0.2) is 16.7 Å². The molecule has 0 bridgehead atoms. The van der Waals surface area contributed by atoms with Gasteiger partial charge in [0.25, 0.3) is 6.43 Å². The summed E-state index contributed by atoms with van der Waals surface area (Å²) in [5, 5.41) is 10.4. The number of carbonyl (C=O) groups excluding carboxylic acids is 1. The Labute approximate surface area is 128 Å². The Balaban J connectivity index is 2.00. The molecular weight excluding hydrogens is 348 g/mol. The molecule has 2 aromatic heterocycles. The molecule has 1 amide bonds. The number of hydrogen-bond donors (Lipinski definition) is 1. The maximum Gasteiger partial charge on any atom is 0.283 e. The van der Waals surface area contributed by atoms with Gasteiger partial charge in [0, 0.05) is 13.2 Å². The molecule has 0 aliphatic carbocycles. The summed E-state index contributed by atoms with van der Waals surface area (Å²) in [6.07, 6.45) is -1.05. The quantitative estimate of drug-likeness (QED) is 0.884. The number of alkyl halides is 2. The standard InChI is InChI=1S/C12H14BrF2N5O/c1-7-10(13)11(12(14)15)18-20(7)6-9(21)16-5-8-3-4-17-19(8)2/h3-4,12H,5-6H2,1-2H3,(H,16,21). The number of nitrogens with one attached hydrogen (secondary N) is 1. The maximum atomic E-state index is 12.7. The lowest BCUT2D eigenvalue weighted by Crippen LogP contribution is -2.28. The first-order chi connectivity index (χ1) is 9.90. The summed E-state index contributed by atoms with van der Waals surface area (Å²) in [6, 6.07) is 1.78.